The first-order valence-corrected chi connectivity index (χ1v) is 4.08. The number of nitrogens with two attached hydrogens (primary N) is 1. The topological polar surface area (TPSA) is 63.3 Å². The fraction of sp³-hybridized carbons (Fsp3) is 0.222. The predicted molar refractivity (Wildman–Crippen MR) is 46.0 cm³/mol. The van der Waals surface area contributed by atoms with Crippen LogP contribution in [0, 0.1) is 5.82 Å². The van der Waals surface area contributed by atoms with E-state index in [2.05, 4.69) is 0 Å². The fourth-order valence-corrected chi connectivity index (χ4v) is 1.09. The number of carbonyl (C=O) groups is 1. The summed E-state index contributed by atoms with van der Waals surface area (Å²) in [6, 6.07) is -0.357. The van der Waals surface area contributed by atoms with Gasteiger partial charge in [-0.1, -0.05) is 0 Å². The van der Waals surface area contributed by atoms with E-state index in [1.165, 1.54) is 0 Å². The van der Waals surface area contributed by atoms with Crippen LogP contribution in [0.1, 0.15) is 17.2 Å². The van der Waals surface area contributed by atoms with Crippen LogP contribution in [0.3, 0.4) is 0 Å². The SMILES string of the molecule is N[C@H](C(=O)O)c1cc(C(F)(F)F)ccc1F. The van der Waals surface area contributed by atoms with Crippen molar-refractivity contribution in [2.24, 2.45) is 5.73 Å². The number of rotatable bonds is 2. The number of aliphatic carboxylic acids is 1. The van der Waals surface area contributed by atoms with Crippen LogP contribution in [0.2, 0.25) is 0 Å². The Bertz CT molecular complexity index is 416. The molecule has 0 saturated heterocycles. The molecule has 3 N–H and O–H groups in total. The largest absolute Gasteiger partial charge is 0.480 e. The minimum Gasteiger partial charge on any atom is -0.480 e. The van der Waals surface area contributed by atoms with E-state index in [-0.39, 0.29) is 0 Å². The van der Waals surface area contributed by atoms with Gasteiger partial charge in [0.05, 0.1) is 5.56 Å². The van der Waals surface area contributed by atoms with Crippen molar-refractivity contribution in [3.8, 4) is 0 Å². The van der Waals surface area contributed by atoms with Crippen molar-refractivity contribution in [2.45, 2.75) is 12.2 Å². The summed E-state index contributed by atoms with van der Waals surface area (Å²) in [5, 5.41) is 8.48. The van der Waals surface area contributed by atoms with Gasteiger partial charge in [-0.05, 0) is 18.2 Å². The van der Waals surface area contributed by atoms with Crippen LogP contribution in [0.25, 0.3) is 0 Å². The Balaban J connectivity index is 3.24. The number of hydrogen-bond acceptors (Lipinski definition) is 2. The molecule has 1 atom stereocenters. The minimum absolute atomic E-state index is 0.397. The van der Waals surface area contributed by atoms with Crippen molar-refractivity contribution >= 4 is 5.97 Å². The highest BCUT2D eigenvalue weighted by Crippen LogP contribution is 2.31. The lowest BCUT2D eigenvalue weighted by atomic mass is 10.0. The lowest BCUT2D eigenvalue weighted by molar-refractivity contribution is -0.140. The summed E-state index contributed by atoms with van der Waals surface area (Å²) in [7, 11) is 0. The van der Waals surface area contributed by atoms with E-state index >= 15 is 0 Å². The summed E-state index contributed by atoms with van der Waals surface area (Å²) < 4.78 is 49.8. The van der Waals surface area contributed by atoms with Crippen molar-refractivity contribution in [2.75, 3.05) is 0 Å². The van der Waals surface area contributed by atoms with Crippen LogP contribution in [0.4, 0.5) is 17.6 Å². The van der Waals surface area contributed by atoms with Gasteiger partial charge >= 0.3 is 12.1 Å². The molecule has 0 aliphatic heterocycles. The second kappa shape index (κ2) is 4.09. The van der Waals surface area contributed by atoms with Crippen LogP contribution >= 0.6 is 0 Å². The molecular formula is C9H7F4NO2. The third-order valence-electron chi connectivity index (χ3n) is 1.92. The molecule has 0 radical (unpaired) electrons. The molecule has 16 heavy (non-hydrogen) atoms. The van der Waals surface area contributed by atoms with Crippen molar-refractivity contribution in [3.63, 3.8) is 0 Å². The van der Waals surface area contributed by atoms with Gasteiger partial charge in [0, 0.05) is 5.56 Å². The summed E-state index contributed by atoms with van der Waals surface area (Å²) in [6.45, 7) is 0. The summed E-state index contributed by atoms with van der Waals surface area (Å²) >= 11 is 0. The van der Waals surface area contributed by atoms with E-state index in [9.17, 15) is 22.4 Å². The number of hydrogen-bond donors (Lipinski definition) is 2. The number of carboxylic acid groups (broad SMARTS) is 1. The average molecular weight is 237 g/mol. The highest BCUT2D eigenvalue weighted by atomic mass is 19.4. The molecule has 7 heteroatoms. The van der Waals surface area contributed by atoms with Crippen molar-refractivity contribution in [1.29, 1.82) is 0 Å². The molecule has 0 aromatic heterocycles. The van der Waals surface area contributed by atoms with E-state index < -0.39 is 35.1 Å². The summed E-state index contributed by atoms with van der Waals surface area (Å²) in [5.74, 6) is -2.68. The maximum atomic E-state index is 13.1. The van der Waals surface area contributed by atoms with E-state index in [0.717, 1.165) is 0 Å². The number of halogens is 4. The summed E-state index contributed by atoms with van der Waals surface area (Å²) in [4.78, 5) is 10.4. The number of benzene rings is 1. The zero-order valence-electron chi connectivity index (χ0n) is 7.75. The maximum absolute atomic E-state index is 13.1. The molecule has 1 aromatic rings. The standard InChI is InChI=1S/C9H7F4NO2/c10-6-2-1-4(9(11,12)13)3-5(6)7(14)8(15)16/h1-3,7H,14H2,(H,15,16)/t7-/m0/s1. The summed E-state index contributed by atoms with van der Waals surface area (Å²) in [5.41, 5.74) is 3.21. The highest BCUT2D eigenvalue weighted by molar-refractivity contribution is 5.75. The van der Waals surface area contributed by atoms with Gasteiger partial charge in [-0.15, -0.1) is 0 Å². The molecule has 0 fully saturated rings. The van der Waals surface area contributed by atoms with Gasteiger partial charge in [0.15, 0.2) is 0 Å². The lowest BCUT2D eigenvalue weighted by Crippen LogP contribution is -2.22. The minimum atomic E-state index is -4.67. The Kier molecular flexibility index (Phi) is 3.18. The Morgan fingerprint density at radius 3 is 2.38 bits per heavy atom. The Morgan fingerprint density at radius 2 is 1.94 bits per heavy atom. The molecular weight excluding hydrogens is 230 g/mol. The molecule has 0 saturated carbocycles. The van der Waals surface area contributed by atoms with E-state index in [0.29, 0.717) is 18.2 Å². The number of carboxylic acids is 1. The van der Waals surface area contributed by atoms with Crippen molar-refractivity contribution < 1.29 is 27.5 Å². The van der Waals surface area contributed by atoms with Gasteiger partial charge < -0.3 is 10.8 Å². The molecule has 0 aliphatic rings. The first-order chi connectivity index (χ1) is 7.23. The van der Waals surface area contributed by atoms with E-state index in [1.807, 2.05) is 0 Å². The first kappa shape index (κ1) is 12.4. The van der Waals surface area contributed by atoms with Crippen LogP contribution in [0.5, 0.6) is 0 Å². The zero-order valence-corrected chi connectivity index (χ0v) is 7.75. The Labute approximate surface area is 87.5 Å². The van der Waals surface area contributed by atoms with Crippen molar-refractivity contribution in [3.05, 3.63) is 35.1 Å². The van der Waals surface area contributed by atoms with Gasteiger partial charge in [-0.25, -0.2) is 4.39 Å². The summed E-state index contributed by atoms with van der Waals surface area (Å²) in [6.07, 6.45) is -4.67. The molecule has 0 amide bonds. The van der Waals surface area contributed by atoms with Gasteiger partial charge in [0.1, 0.15) is 11.9 Å². The average Bonchev–Trinajstić information content (AvgIpc) is 2.15. The Morgan fingerprint density at radius 1 is 1.38 bits per heavy atom. The highest BCUT2D eigenvalue weighted by Gasteiger charge is 2.32. The molecule has 0 heterocycles. The van der Waals surface area contributed by atoms with Gasteiger partial charge in [0.2, 0.25) is 0 Å². The zero-order chi connectivity index (χ0) is 12.5. The fourth-order valence-electron chi connectivity index (χ4n) is 1.09. The van der Waals surface area contributed by atoms with Crippen LogP contribution in [0.15, 0.2) is 18.2 Å². The maximum Gasteiger partial charge on any atom is 0.416 e. The molecule has 0 bridgehead atoms. The van der Waals surface area contributed by atoms with E-state index in [1.54, 1.807) is 0 Å². The third kappa shape index (κ3) is 2.48. The molecule has 0 aliphatic carbocycles. The molecule has 1 aromatic carbocycles. The first-order valence-electron chi connectivity index (χ1n) is 4.08. The quantitative estimate of drug-likeness (QED) is 0.772. The molecule has 0 spiro atoms. The smallest absolute Gasteiger partial charge is 0.416 e. The molecule has 3 nitrogen and oxygen atoms in total. The van der Waals surface area contributed by atoms with Gasteiger partial charge in [-0.3, -0.25) is 4.79 Å². The lowest BCUT2D eigenvalue weighted by Gasteiger charge is -2.12. The normalized spacial score (nSPS) is 13.6. The molecule has 1 rings (SSSR count). The Hall–Kier alpha value is -1.63. The molecule has 88 valence electrons. The van der Waals surface area contributed by atoms with Crippen LogP contribution < -0.4 is 5.73 Å². The van der Waals surface area contributed by atoms with Crippen molar-refractivity contribution in [1.82, 2.24) is 0 Å². The predicted octanol–water partition coefficient (Wildman–Crippen LogP) is 1.93. The monoisotopic (exact) mass is 237 g/mol. The van der Waals surface area contributed by atoms with E-state index in [4.69, 9.17) is 10.8 Å². The van der Waals surface area contributed by atoms with Crippen LogP contribution in [-0.4, -0.2) is 11.1 Å². The molecule has 0 unspecified atom stereocenters. The third-order valence-corrected chi connectivity index (χ3v) is 1.92. The second-order valence-electron chi connectivity index (χ2n) is 3.05. The second-order valence-corrected chi connectivity index (χ2v) is 3.05. The number of alkyl halides is 3. The van der Waals surface area contributed by atoms with Crippen LogP contribution in [-0.2, 0) is 11.0 Å². The van der Waals surface area contributed by atoms with Gasteiger partial charge in [-0.2, -0.15) is 13.2 Å². The van der Waals surface area contributed by atoms with Gasteiger partial charge in [0.25, 0.3) is 0 Å².